The van der Waals surface area contributed by atoms with Crippen molar-refractivity contribution in [1.82, 2.24) is 15.5 Å². The van der Waals surface area contributed by atoms with E-state index < -0.39 is 17.5 Å². The Morgan fingerprint density at radius 3 is 2.59 bits per heavy atom. The van der Waals surface area contributed by atoms with Gasteiger partial charge in [-0.25, -0.2) is 4.79 Å². The molecule has 2 aliphatic rings. The van der Waals surface area contributed by atoms with Gasteiger partial charge in [-0.15, -0.1) is 0 Å². The van der Waals surface area contributed by atoms with Crippen molar-refractivity contribution >= 4 is 17.8 Å². The second-order valence-electron chi connectivity index (χ2n) is 8.05. The van der Waals surface area contributed by atoms with Crippen LogP contribution in [0.25, 0.3) is 0 Å². The summed E-state index contributed by atoms with van der Waals surface area (Å²) in [4.78, 5) is 38.9. The highest BCUT2D eigenvalue weighted by atomic mass is 16.2. The molecule has 1 heterocycles. The predicted molar refractivity (Wildman–Crippen MR) is 109 cm³/mol. The summed E-state index contributed by atoms with van der Waals surface area (Å²) >= 11 is 0. The SMILES string of the molecule is Cc1ccc(CNC(=O)CN2C(=O)NC(C)(c3ccc4c(c3)CCC4)C2=O)cc1. The lowest BCUT2D eigenvalue weighted by Gasteiger charge is -2.23. The minimum absolute atomic E-state index is 0.295. The molecule has 1 atom stereocenters. The van der Waals surface area contributed by atoms with Crippen LogP contribution in [0.2, 0.25) is 0 Å². The van der Waals surface area contributed by atoms with Crippen molar-refractivity contribution in [3.8, 4) is 0 Å². The summed E-state index contributed by atoms with van der Waals surface area (Å²) in [6, 6.07) is 13.2. The van der Waals surface area contributed by atoms with E-state index in [-0.39, 0.29) is 12.5 Å². The van der Waals surface area contributed by atoms with Gasteiger partial charge in [0.15, 0.2) is 0 Å². The van der Waals surface area contributed by atoms with Crippen LogP contribution in [0.1, 0.15) is 41.2 Å². The molecule has 6 nitrogen and oxygen atoms in total. The summed E-state index contributed by atoms with van der Waals surface area (Å²) in [5.41, 5.74) is 4.27. The Morgan fingerprint density at radius 1 is 1.10 bits per heavy atom. The standard InChI is InChI=1S/C23H25N3O3/c1-15-6-8-16(9-7-15)13-24-20(27)14-26-21(28)23(2,25-22(26)29)19-11-10-17-4-3-5-18(17)12-19/h6-12H,3-5,13-14H2,1-2H3,(H,24,27)(H,25,29). The molecule has 4 amide bonds. The van der Waals surface area contributed by atoms with Crippen molar-refractivity contribution in [3.63, 3.8) is 0 Å². The minimum atomic E-state index is -1.15. The van der Waals surface area contributed by atoms with Crippen LogP contribution in [0, 0.1) is 6.92 Å². The largest absolute Gasteiger partial charge is 0.350 e. The maximum atomic E-state index is 13.0. The molecule has 1 saturated heterocycles. The highest BCUT2D eigenvalue weighted by molar-refractivity contribution is 6.09. The molecule has 0 bridgehead atoms. The van der Waals surface area contributed by atoms with Crippen LogP contribution in [0.15, 0.2) is 42.5 Å². The number of nitrogens with one attached hydrogen (secondary N) is 2. The van der Waals surface area contributed by atoms with Crippen LogP contribution in [-0.4, -0.2) is 29.3 Å². The van der Waals surface area contributed by atoms with Crippen LogP contribution in [0.5, 0.6) is 0 Å². The van der Waals surface area contributed by atoms with Crippen LogP contribution in [-0.2, 0) is 34.5 Å². The Balaban J connectivity index is 1.43. The Bertz CT molecular complexity index is 983. The number of rotatable bonds is 5. The van der Waals surface area contributed by atoms with Crippen molar-refractivity contribution in [2.24, 2.45) is 0 Å². The molecule has 1 unspecified atom stereocenters. The van der Waals surface area contributed by atoms with E-state index in [9.17, 15) is 14.4 Å². The van der Waals surface area contributed by atoms with Gasteiger partial charge in [-0.05, 0) is 55.4 Å². The first kappa shape index (κ1) is 19.2. The van der Waals surface area contributed by atoms with Gasteiger partial charge in [-0.2, -0.15) is 0 Å². The highest BCUT2D eigenvalue weighted by Crippen LogP contribution is 2.32. The van der Waals surface area contributed by atoms with Crippen molar-refractivity contribution in [2.45, 2.75) is 45.2 Å². The van der Waals surface area contributed by atoms with Gasteiger partial charge in [0.25, 0.3) is 5.91 Å². The van der Waals surface area contributed by atoms with Gasteiger partial charge in [0.05, 0.1) is 0 Å². The molecule has 6 heteroatoms. The number of hydrogen-bond acceptors (Lipinski definition) is 3. The molecule has 2 N–H and O–H groups in total. The van der Waals surface area contributed by atoms with Gasteiger partial charge >= 0.3 is 6.03 Å². The second kappa shape index (κ2) is 7.35. The topological polar surface area (TPSA) is 78.5 Å². The quantitative estimate of drug-likeness (QED) is 0.769. The van der Waals surface area contributed by atoms with E-state index in [1.807, 2.05) is 49.4 Å². The number of nitrogens with zero attached hydrogens (tertiary/aromatic N) is 1. The van der Waals surface area contributed by atoms with Gasteiger partial charge in [0.2, 0.25) is 5.91 Å². The summed E-state index contributed by atoms with van der Waals surface area (Å²) in [6.45, 7) is 3.76. The Kier molecular flexibility index (Phi) is 4.86. The van der Waals surface area contributed by atoms with E-state index in [2.05, 4.69) is 10.6 Å². The van der Waals surface area contributed by atoms with Crippen molar-refractivity contribution < 1.29 is 14.4 Å². The van der Waals surface area contributed by atoms with Crippen molar-refractivity contribution in [1.29, 1.82) is 0 Å². The molecule has 0 saturated carbocycles. The zero-order valence-electron chi connectivity index (χ0n) is 16.7. The fourth-order valence-corrected chi connectivity index (χ4v) is 4.03. The minimum Gasteiger partial charge on any atom is -0.350 e. The monoisotopic (exact) mass is 391 g/mol. The average molecular weight is 391 g/mol. The molecule has 29 heavy (non-hydrogen) atoms. The number of fused-ring (bicyclic) bond motifs is 1. The summed E-state index contributed by atoms with van der Waals surface area (Å²) in [5.74, 6) is -0.766. The fraction of sp³-hybridized carbons (Fsp3) is 0.348. The lowest BCUT2D eigenvalue weighted by Crippen LogP contribution is -2.43. The third-order valence-electron chi connectivity index (χ3n) is 5.86. The van der Waals surface area contributed by atoms with Crippen molar-refractivity contribution in [3.05, 3.63) is 70.3 Å². The van der Waals surface area contributed by atoms with E-state index >= 15 is 0 Å². The average Bonchev–Trinajstić information content (AvgIpc) is 3.26. The van der Waals surface area contributed by atoms with Crippen LogP contribution in [0.3, 0.4) is 0 Å². The number of carbonyl (C=O) groups excluding carboxylic acids is 3. The van der Waals surface area contributed by atoms with Gasteiger partial charge in [-0.1, -0.05) is 48.0 Å². The normalized spacial score (nSPS) is 20.6. The number of amides is 4. The fourth-order valence-electron chi connectivity index (χ4n) is 4.03. The number of urea groups is 1. The van der Waals surface area contributed by atoms with Gasteiger partial charge < -0.3 is 10.6 Å². The molecule has 150 valence electrons. The van der Waals surface area contributed by atoms with Crippen LogP contribution < -0.4 is 10.6 Å². The molecule has 0 spiro atoms. The van der Waals surface area contributed by atoms with Gasteiger partial charge in [-0.3, -0.25) is 14.5 Å². The van der Waals surface area contributed by atoms with Gasteiger partial charge in [0.1, 0.15) is 12.1 Å². The molecule has 2 aromatic rings. The van der Waals surface area contributed by atoms with Gasteiger partial charge in [0, 0.05) is 6.54 Å². The third kappa shape index (κ3) is 3.62. The molecule has 1 aliphatic heterocycles. The molecule has 1 aliphatic carbocycles. The summed E-state index contributed by atoms with van der Waals surface area (Å²) in [7, 11) is 0. The highest BCUT2D eigenvalue weighted by Gasteiger charge is 2.49. The van der Waals surface area contributed by atoms with Crippen LogP contribution >= 0.6 is 0 Å². The number of aryl methyl sites for hydroxylation is 3. The molecule has 1 fully saturated rings. The molecule has 0 aromatic heterocycles. The summed E-state index contributed by atoms with van der Waals surface area (Å²) in [6.07, 6.45) is 3.16. The number of carbonyl (C=O) groups is 3. The van der Waals surface area contributed by atoms with Crippen LogP contribution in [0.4, 0.5) is 4.79 Å². The van der Waals surface area contributed by atoms with E-state index in [0.717, 1.165) is 40.9 Å². The first-order chi connectivity index (χ1) is 13.9. The van der Waals surface area contributed by atoms with E-state index in [1.54, 1.807) is 6.92 Å². The Morgan fingerprint density at radius 2 is 1.83 bits per heavy atom. The summed E-state index contributed by atoms with van der Waals surface area (Å²) in [5, 5.41) is 5.56. The lowest BCUT2D eigenvalue weighted by molar-refractivity contribution is -0.134. The predicted octanol–water partition coefficient (Wildman–Crippen LogP) is 2.57. The number of hydrogen-bond donors (Lipinski definition) is 2. The molecular formula is C23H25N3O3. The van der Waals surface area contributed by atoms with E-state index in [1.165, 1.54) is 11.1 Å². The summed E-state index contributed by atoms with van der Waals surface area (Å²) < 4.78 is 0. The lowest BCUT2D eigenvalue weighted by atomic mass is 9.89. The van der Waals surface area contributed by atoms with E-state index in [0.29, 0.717) is 6.54 Å². The third-order valence-corrected chi connectivity index (χ3v) is 5.86. The first-order valence-electron chi connectivity index (χ1n) is 9.95. The zero-order chi connectivity index (χ0) is 20.6. The number of imide groups is 1. The second-order valence-corrected chi connectivity index (χ2v) is 8.05. The number of benzene rings is 2. The maximum absolute atomic E-state index is 13.0. The first-order valence-corrected chi connectivity index (χ1v) is 9.95. The Hall–Kier alpha value is -3.15. The molecule has 2 aromatic carbocycles. The van der Waals surface area contributed by atoms with E-state index in [4.69, 9.17) is 0 Å². The van der Waals surface area contributed by atoms with Crippen molar-refractivity contribution in [2.75, 3.05) is 6.54 Å². The Labute approximate surface area is 170 Å². The molecular weight excluding hydrogens is 366 g/mol. The zero-order valence-corrected chi connectivity index (χ0v) is 16.7. The molecule has 4 rings (SSSR count). The molecule has 0 radical (unpaired) electrons. The maximum Gasteiger partial charge on any atom is 0.325 e. The smallest absolute Gasteiger partial charge is 0.325 e.